The summed E-state index contributed by atoms with van der Waals surface area (Å²) in [6.45, 7) is 0. The van der Waals surface area contributed by atoms with Gasteiger partial charge in [-0.2, -0.15) is 0 Å². The summed E-state index contributed by atoms with van der Waals surface area (Å²) in [4.78, 5) is 11.7. The molecule has 1 N–H and O–H groups in total. The number of benzene rings is 1. The summed E-state index contributed by atoms with van der Waals surface area (Å²) in [5, 5.41) is 2.65. The third-order valence-electron chi connectivity index (χ3n) is 3.00. The highest BCUT2D eigenvalue weighted by Crippen LogP contribution is 2.32. The van der Waals surface area contributed by atoms with Crippen molar-refractivity contribution in [3.8, 4) is 0 Å². The van der Waals surface area contributed by atoms with Crippen LogP contribution in [0.25, 0.3) is 0 Å². The minimum Gasteiger partial charge on any atom is -0.349 e. The Morgan fingerprint density at radius 1 is 1.25 bits per heavy atom. The van der Waals surface area contributed by atoms with Gasteiger partial charge in [0.15, 0.2) is 0 Å². The lowest BCUT2D eigenvalue weighted by molar-refractivity contribution is 0.00827. The van der Waals surface area contributed by atoms with Crippen molar-refractivity contribution < 1.29 is 13.6 Å². The zero-order valence-electron chi connectivity index (χ0n) is 8.70. The number of nitrogens with one attached hydrogen (secondary N) is 1. The standard InChI is InChI=1S/C12H13F2NO/c13-11(14)9-6-7-10(9)15-12(16)8-4-2-1-3-5-8/h1-5,9-11H,6-7H2,(H,15,16). The molecule has 1 amide bonds. The molecule has 0 bridgehead atoms. The number of carbonyl (C=O) groups excluding carboxylic acids is 1. The molecular weight excluding hydrogens is 212 g/mol. The van der Waals surface area contributed by atoms with Gasteiger partial charge in [-0.3, -0.25) is 4.79 Å². The fraction of sp³-hybridized carbons (Fsp3) is 0.417. The molecule has 4 heteroatoms. The van der Waals surface area contributed by atoms with Crippen LogP contribution in [0.3, 0.4) is 0 Å². The van der Waals surface area contributed by atoms with E-state index in [1.165, 1.54) is 0 Å². The predicted molar refractivity (Wildman–Crippen MR) is 56.4 cm³/mol. The summed E-state index contributed by atoms with van der Waals surface area (Å²) in [6.07, 6.45) is -1.19. The number of hydrogen-bond donors (Lipinski definition) is 1. The number of amides is 1. The summed E-state index contributed by atoms with van der Waals surface area (Å²) in [5.74, 6) is -0.941. The molecule has 1 fully saturated rings. The first-order chi connectivity index (χ1) is 7.68. The topological polar surface area (TPSA) is 29.1 Å². The van der Waals surface area contributed by atoms with Gasteiger partial charge >= 0.3 is 0 Å². The minimum absolute atomic E-state index is 0.268. The average Bonchev–Trinajstić information content (AvgIpc) is 2.24. The number of carbonyl (C=O) groups is 1. The Balaban J connectivity index is 1.94. The van der Waals surface area contributed by atoms with Crippen molar-refractivity contribution in [2.45, 2.75) is 25.3 Å². The van der Waals surface area contributed by atoms with E-state index in [1.54, 1.807) is 24.3 Å². The molecule has 2 unspecified atom stereocenters. The minimum atomic E-state index is -2.34. The third-order valence-corrected chi connectivity index (χ3v) is 3.00. The highest BCUT2D eigenvalue weighted by molar-refractivity contribution is 5.94. The van der Waals surface area contributed by atoms with Crippen LogP contribution in [-0.4, -0.2) is 18.4 Å². The zero-order valence-corrected chi connectivity index (χ0v) is 8.70. The summed E-state index contributed by atoms with van der Waals surface area (Å²) < 4.78 is 24.9. The Morgan fingerprint density at radius 3 is 2.44 bits per heavy atom. The highest BCUT2D eigenvalue weighted by Gasteiger charge is 2.38. The molecule has 1 aliphatic carbocycles. The molecule has 0 radical (unpaired) electrons. The van der Waals surface area contributed by atoms with Crippen LogP contribution < -0.4 is 5.32 Å². The second-order valence-corrected chi connectivity index (χ2v) is 4.02. The van der Waals surface area contributed by atoms with Crippen molar-refractivity contribution in [2.24, 2.45) is 5.92 Å². The van der Waals surface area contributed by atoms with Gasteiger partial charge in [0.05, 0.1) is 0 Å². The maximum atomic E-state index is 12.4. The summed E-state index contributed by atoms with van der Waals surface area (Å²) in [7, 11) is 0. The summed E-state index contributed by atoms with van der Waals surface area (Å²) in [6, 6.07) is 8.28. The van der Waals surface area contributed by atoms with Crippen molar-refractivity contribution in [1.29, 1.82) is 0 Å². The monoisotopic (exact) mass is 225 g/mol. The Labute approximate surface area is 92.7 Å². The number of hydrogen-bond acceptors (Lipinski definition) is 1. The van der Waals surface area contributed by atoms with Crippen molar-refractivity contribution in [1.82, 2.24) is 5.32 Å². The zero-order chi connectivity index (χ0) is 11.5. The van der Waals surface area contributed by atoms with Gasteiger partial charge in [-0.1, -0.05) is 18.2 Å². The summed E-state index contributed by atoms with van der Waals surface area (Å²) >= 11 is 0. The molecule has 0 heterocycles. The number of rotatable bonds is 3. The lowest BCUT2D eigenvalue weighted by Crippen LogP contribution is -2.49. The average molecular weight is 225 g/mol. The smallest absolute Gasteiger partial charge is 0.251 e. The second kappa shape index (κ2) is 4.60. The lowest BCUT2D eigenvalue weighted by Gasteiger charge is -2.36. The van der Waals surface area contributed by atoms with Gasteiger partial charge < -0.3 is 5.32 Å². The molecule has 1 aromatic rings. The van der Waals surface area contributed by atoms with Crippen LogP contribution >= 0.6 is 0 Å². The first kappa shape index (κ1) is 11.0. The van der Waals surface area contributed by atoms with Gasteiger partial charge in [-0.05, 0) is 25.0 Å². The maximum absolute atomic E-state index is 12.4. The van der Waals surface area contributed by atoms with Crippen LogP contribution in [0.2, 0.25) is 0 Å². The first-order valence-corrected chi connectivity index (χ1v) is 5.32. The van der Waals surface area contributed by atoms with Gasteiger partial charge in [0.2, 0.25) is 6.43 Å². The van der Waals surface area contributed by atoms with Crippen LogP contribution in [-0.2, 0) is 0 Å². The van der Waals surface area contributed by atoms with Crippen LogP contribution in [0.1, 0.15) is 23.2 Å². The van der Waals surface area contributed by atoms with Crippen LogP contribution in [0.15, 0.2) is 30.3 Å². The molecule has 1 saturated carbocycles. The first-order valence-electron chi connectivity index (χ1n) is 5.32. The van der Waals surface area contributed by atoms with Crippen molar-refractivity contribution in [3.63, 3.8) is 0 Å². The number of alkyl halides is 2. The second-order valence-electron chi connectivity index (χ2n) is 4.02. The van der Waals surface area contributed by atoms with Crippen LogP contribution in [0.5, 0.6) is 0 Å². The quantitative estimate of drug-likeness (QED) is 0.841. The van der Waals surface area contributed by atoms with Gasteiger partial charge in [0.1, 0.15) is 0 Å². The van der Waals surface area contributed by atoms with Gasteiger partial charge in [0, 0.05) is 17.5 Å². The molecule has 0 saturated heterocycles. The van der Waals surface area contributed by atoms with Crippen molar-refractivity contribution in [3.05, 3.63) is 35.9 Å². The Morgan fingerprint density at radius 2 is 1.94 bits per heavy atom. The largest absolute Gasteiger partial charge is 0.349 e. The molecule has 16 heavy (non-hydrogen) atoms. The van der Waals surface area contributed by atoms with Gasteiger partial charge in [-0.15, -0.1) is 0 Å². The van der Waals surface area contributed by atoms with E-state index in [1.807, 2.05) is 6.07 Å². The molecule has 0 spiro atoms. The van der Waals surface area contributed by atoms with E-state index in [2.05, 4.69) is 5.32 Å². The Hall–Kier alpha value is -1.45. The van der Waals surface area contributed by atoms with E-state index in [9.17, 15) is 13.6 Å². The summed E-state index contributed by atoms with van der Waals surface area (Å²) in [5.41, 5.74) is 0.516. The van der Waals surface area contributed by atoms with Gasteiger partial charge in [-0.25, -0.2) is 8.78 Å². The molecule has 2 rings (SSSR count). The molecular formula is C12H13F2NO. The highest BCUT2D eigenvalue weighted by atomic mass is 19.3. The van der Waals surface area contributed by atoms with Gasteiger partial charge in [0.25, 0.3) is 5.91 Å². The van der Waals surface area contributed by atoms with E-state index < -0.39 is 12.3 Å². The SMILES string of the molecule is O=C(NC1CCC1C(F)F)c1ccccc1. The maximum Gasteiger partial charge on any atom is 0.251 e. The van der Waals surface area contributed by atoms with Crippen molar-refractivity contribution in [2.75, 3.05) is 0 Å². The fourth-order valence-electron chi connectivity index (χ4n) is 1.85. The van der Waals surface area contributed by atoms with Crippen LogP contribution in [0, 0.1) is 5.92 Å². The third kappa shape index (κ3) is 2.21. The van der Waals surface area contributed by atoms with E-state index in [0.29, 0.717) is 18.4 Å². The van der Waals surface area contributed by atoms with Crippen molar-refractivity contribution >= 4 is 5.91 Å². The predicted octanol–water partition coefficient (Wildman–Crippen LogP) is 2.46. The molecule has 0 aliphatic heterocycles. The normalized spacial score (nSPS) is 23.9. The van der Waals surface area contributed by atoms with E-state index >= 15 is 0 Å². The molecule has 0 aromatic heterocycles. The molecule has 86 valence electrons. The molecule has 1 aromatic carbocycles. The van der Waals surface area contributed by atoms with E-state index in [4.69, 9.17) is 0 Å². The fourth-order valence-corrected chi connectivity index (χ4v) is 1.85. The molecule has 2 nitrogen and oxygen atoms in total. The van der Waals surface area contributed by atoms with Crippen LogP contribution in [0.4, 0.5) is 8.78 Å². The molecule has 1 aliphatic rings. The van der Waals surface area contributed by atoms with E-state index in [0.717, 1.165) is 0 Å². The lowest BCUT2D eigenvalue weighted by atomic mass is 9.79. The molecule has 2 atom stereocenters. The Kier molecular flexibility index (Phi) is 3.17. The van der Waals surface area contributed by atoms with E-state index in [-0.39, 0.29) is 11.9 Å². The number of halogens is 2. The Bertz CT molecular complexity index is 367.